The number of aliphatic carboxylic acids is 1. The lowest BCUT2D eigenvalue weighted by molar-refractivity contribution is -0.148. The van der Waals surface area contributed by atoms with Gasteiger partial charge in [0.25, 0.3) is 0 Å². The molecule has 0 fully saturated rings. The lowest BCUT2D eigenvalue weighted by Gasteiger charge is -2.13. The number of rotatable bonds is 4. The molecule has 0 aliphatic heterocycles. The van der Waals surface area contributed by atoms with Crippen LogP contribution in [0.2, 0.25) is 0 Å². The third-order valence-corrected chi connectivity index (χ3v) is 1.77. The molecule has 0 aliphatic rings. The lowest BCUT2D eigenvalue weighted by Crippen LogP contribution is -2.31. The Labute approximate surface area is 70.6 Å². The summed E-state index contributed by atoms with van der Waals surface area (Å²) in [5, 5.41) is 8.55. The van der Waals surface area contributed by atoms with Crippen molar-refractivity contribution in [1.82, 2.24) is 0 Å². The standard InChI is InChI=1S/C8H12O4/c1-4(8(11)12)7(5(2)9)6(3)10/h4,7H,1-3H3,(H,11,12). The number of carbonyl (C=O) groups excluding carboxylic acids is 2. The Hall–Kier alpha value is -1.19. The summed E-state index contributed by atoms with van der Waals surface area (Å²) in [4.78, 5) is 32.1. The molecule has 0 saturated heterocycles. The van der Waals surface area contributed by atoms with Gasteiger partial charge in [-0.3, -0.25) is 14.4 Å². The smallest absolute Gasteiger partial charge is 0.307 e. The van der Waals surface area contributed by atoms with Crippen molar-refractivity contribution in [2.24, 2.45) is 11.8 Å². The first-order chi connectivity index (χ1) is 5.37. The molecule has 0 spiro atoms. The highest BCUT2D eigenvalue weighted by atomic mass is 16.4. The molecule has 4 heteroatoms. The van der Waals surface area contributed by atoms with E-state index in [9.17, 15) is 14.4 Å². The van der Waals surface area contributed by atoms with Crippen molar-refractivity contribution in [2.75, 3.05) is 0 Å². The van der Waals surface area contributed by atoms with Crippen LogP contribution in [0.3, 0.4) is 0 Å². The van der Waals surface area contributed by atoms with Gasteiger partial charge in [-0.05, 0) is 13.8 Å². The monoisotopic (exact) mass is 172 g/mol. The van der Waals surface area contributed by atoms with Crippen LogP contribution in [0.25, 0.3) is 0 Å². The molecule has 0 aliphatic carbocycles. The molecular weight excluding hydrogens is 160 g/mol. The van der Waals surface area contributed by atoms with Crippen molar-refractivity contribution in [1.29, 1.82) is 0 Å². The van der Waals surface area contributed by atoms with Crippen molar-refractivity contribution >= 4 is 17.5 Å². The number of hydrogen-bond donors (Lipinski definition) is 1. The summed E-state index contributed by atoms with van der Waals surface area (Å²) in [6, 6.07) is 0. The minimum atomic E-state index is -1.12. The number of carboxylic acids is 1. The van der Waals surface area contributed by atoms with Crippen LogP contribution < -0.4 is 0 Å². The summed E-state index contributed by atoms with van der Waals surface area (Å²) in [5.41, 5.74) is 0. The van der Waals surface area contributed by atoms with Gasteiger partial charge in [0.1, 0.15) is 11.6 Å². The zero-order valence-electron chi connectivity index (χ0n) is 7.33. The summed E-state index contributed by atoms with van der Waals surface area (Å²) in [6.45, 7) is 3.81. The molecule has 0 heterocycles. The maximum atomic E-state index is 10.8. The molecule has 12 heavy (non-hydrogen) atoms. The Kier molecular flexibility index (Phi) is 3.60. The Balaban J connectivity index is 4.63. The number of carbonyl (C=O) groups is 3. The molecule has 0 amide bonds. The van der Waals surface area contributed by atoms with Gasteiger partial charge in [-0.25, -0.2) is 0 Å². The predicted octanol–water partition coefficient (Wildman–Crippen LogP) is 0.501. The third-order valence-electron chi connectivity index (χ3n) is 1.77. The van der Waals surface area contributed by atoms with E-state index in [0.29, 0.717) is 0 Å². The summed E-state index contributed by atoms with van der Waals surface area (Å²) in [7, 11) is 0. The Bertz CT molecular complexity index is 205. The van der Waals surface area contributed by atoms with Crippen LogP contribution >= 0.6 is 0 Å². The summed E-state index contributed by atoms with van der Waals surface area (Å²) in [5.74, 6) is -3.83. The van der Waals surface area contributed by atoms with Gasteiger partial charge in [0, 0.05) is 0 Å². The normalized spacial score (nSPS) is 12.7. The number of hydrogen-bond acceptors (Lipinski definition) is 3. The van der Waals surface area contributed by atoms with Gasteiger partial charge in [0.15, 0.2) is 0 Å². The van der Waals surface area contributed by atoms with Gasteiger partial charge in [0.2, 0.25) is 0 Å². The van der Waals surface area contributed by atoms with E-state index < -0.39 is 29.4 Å². The first-order valence-electron chi connectivity index (χ1n) is 3.61. The number of carboxylic acid groups (broad SMARTS) is 1. The van der Waals surface area contributed by atoms with Gasteiger partial charge >= 0.3 is 5.97 Å². The molecule has 0 rings (SSSR count). The lowest BCUT2D eigenvalue weighted by atomic mass is 9.88. The molecule has 68 valence electrons. The van der Waals surface area contributed by atoms with Crippen molar-refractivity contribution in [3.63, 3.8) is 0 Å². The Morgan fingerprint density at radius 3 is 1.50 bits per heavy atom. The fourth-order valence-corrected chi connectivity index (χ4v) is 1.13. The van der Waals surface area contributed by atoms with Gasteiger partial charge in [-0.15, -0.1) is 0 Å². The molecule has 4 nitrogen and oxygen atoms in total. The van der Waals surface area contributed by atoms with E-state index in [4.69, 9.17) is 5.11 Å². The van der Waals surface area contributed by atoms with Crippen LogP contribution in [0.5, 0.6) is 0 Å². The minimum Gasteiger partial charge on any atom is -0.481 e. The van der Waals surface area contributed by atoms with E-state index in [-0.39, 0.29) is 0 Å². The van der Waals surface area contributed by atoms with Gasteiger partial charge in [0.05, 0.1) is 11.8 Å². The maximum Gasteiger partial charge on any atom is 0.307 e. The van der Waals surface area contributed by atoms with Crippen molar-refractivity contribution < 1.29 is 19.5 Å². The van der Waals surface area contributed by atoms with Crippen molar-refractivity contribution in [2.45, 2.75) is 20.8 Å². The minimum absolute atomic E-state index is 0.391. The first-order valence-corrected chi connectivity index (χ1v) is 3.61. The number of ketones is 2. The third kappa shape index (κ3) is 2.45. The largest absolute Gasteiger partial charge is 0.481 e. The van der Waals surface area contributed by atoms with E-state index in [1.165, 1.54) is 20.8 Å². The molecule has 1 atom stereocenters. The maximum absolute atomic E-state index is 10.8. The topological polar surface area (TPSA) is 71.4 Å². The van der Waals surface area contributed by atoms with E-state index in [2.05, 4.69) is 0 Å². The van der Waals surface area contributed by atoms with Gasteiger partial charge in [-0.1, -0.05) is 6.92 Å². The molecule has 0 aromatic rings. The van der Waals surface area contributed by atoms with Crippen LogP contribution in [-0.2, 0) is 14.4 Å². The summed E-state index contributed by atoms with van der Waals surface area (Å²) >= 11 is 0. The molecule has 0 radical (unpaired) electrons. The molecule has 1 unspecified atom stereocenters. The predicted molar refractivity (Wildman–Crippen MR) is 41.7 cm³/mol. The zero-order valence-corrected chi connectivity index (χ0v) is 7.33. The number of Topliss-reactive ketones (excluding diaryl/α,β-unsaturated/α-hetero) is 2. The van der Waals surface area contributed by atoms with E-state index in [1.54, 1.807) is 0 Å². The van der Waals surface area contributed by atoms with Crippen molar-refractivity contribution in [3.8, 4) is 0 Å². The van der Waals surface area contributed by atoms with Crippen LogP contribution in [0, 0.1) is 11.8 Å². The Morgan fingerprint density at radius 1 is 1.08 bits per heavy atom. The van der Waals surface area contributed by atoms with Crippen LogP contribution in [0.15, 0.2) is 0 Å². The SMILES string of the molecule is CC(=O)C(C(C)=O)C(C)C(=O)O. The van der Waals surface area contributed by atoms with Crippen LogP contribution in [-0.4, -0.2) is 22.6 Å². The highest BCUT2D eigenvalue weighted by molar-refractivity contribution is 6.03. The van der Waals surface area contributed by atoms with Gasteiger partial charge < -0.3 is 5.11 Å². The van der Waals surface area contributed by atoms with Crippen molar-refractivity contribution in [3.05, 3.63) is 0 Å². The molecule has 0 aromatic carbocycles. The fraction of sp³-hybridized carbons (Fsp3) is 0.625. The average molecular weight is 172 g/mol. The second kappa shape index (κ2) is 3.99. The quantitative estimate of drug-likeness (QED) is 0.627. The highest BCUT2D eigenvalue weighted by Gasteiger charge is 2.30. The molecule has 0 bridgehead atoms. The van der Waals surface area contributed by atoms with E-state index in [1.807, 2.05) is 0 Å². The molecule has 0 saturated carbocycles. The second-order valence-electron chi connectivity index (χ2n) is 2.83. The van der Waals surface area contributed by atoms with E-state index >= 15 is 0 Å². The Morgan fingerprint density at radius 2 is 1.42 bits per heavy atom. The molecule has 0 aromatic heterocycles. The summed E-state index contributed by atoms with van der Waals surface area (Å²) < 4.78 is 0. The summed E-state index contributed by atoms with van der Waals surface area (Å²) in [6.07, 6.45) is 0. The van der Waals surface area contributed by atoms with Crippen LogP contribution in [0.4, 0.5) is 0 Å². The first kappa shape index (κ1) is 10.8. The fourth-order valence-electron chi connectivity index (χ4n) is 1.13. The molecule has 1 N–H and O–H groups in total. The zero-order chi connectivity index (χ0) is 9.89. The van der Waals surface area contributed by atoms with Crippen LogP contribution in [0.1, 0.15) is 20.8 Å². The average Bonchev–Trinajstić information content (AvgIpc) is 1.85. The molecular formula is C8H12O4. The second-order valence-corrected chi connectivity index (χ2v) is 2.83. The highest BCUT2D eigenvalue weighted by Crippen LogP contribution is 2.13. The van der Waals surface area contributed by atoms with Gasteiger partial charge in [-0.2, -0.15) is 0 Å². The van der Waals surface area contributed by atoms with E-state index in [0.717, 1.165) is 0 Å².